The summed E-state index contributed by atoms with van der Waals surface area (Å²) in [4.78, 5) is 27.1. The molecule has 0 aliphatic carbocycles. The molecule has 2 amide bonds. The van der Waals surface area contributed by atoms with Crippen molar-refractivity contribution in [3.05, 3.63) is 0 Å². The van der Waals surface area contributed by atoms with Gasteiger partial charge < -0.3 is 16.0 Å². The van der Waals surface area contributed by atoms with Gasteiger partial charge in [0.2, 0.25) is 11.8 Å². The van der Waals surface area contributed by atoms with Gasteiger partial charge in [-0.25, -0.2) is 0 Å². The third-order valence-electron chi connectivity index (χ3n) is 3.92. The third kappa shape index (κ3) is 2.81. The molecular formula is C12H22N4O2. The van der Waals surface area contributed by atoms with Crippen molar-refractivity contribution >= 4 is 11.8 Å². The Hall–Kier alpha value is -1.14. The first-order valence-corrected chi connectivity index (χ1v) is 6.59. The number of piperidine rings is 1. The number of nitrogens with two attached hydrogens (primary N) is 1. The van der Waals surface area contributed by atoms with Crippen LogP contribution in [0.5, 0.6) is 0 Å². The summed E-state index contributed by atoms with van der Waals surface area (Å²) < 4.78 is 0. The summed E-state index contributed by atoms with van der Waals surface area (Å²) in [6.45, 7) is 2.84. The number of nitrogens with zero attached hydrogens (tertiary/aromatic N) is 2. The molecular weight excluding hydrogens is 232 g/mol. The second-order valence-corrected chi connectivity index (χ2v) is 5.18. The minimum Gasteiger partial charge on any atom is -0.369 e. The fraction of sp³-hybridized carbons (Fsp3) is 0.833. The lowest BCUT2D eigenvalue weighted by atomic mass is 10.0. The van der Waals surface area contributed by atoms with Gasteiger partial charge in [0, 0.05) is 19.6 Å². The lowest BCUT2D eigenvalue weighted by Gasteiger charge is -2.36. The summed E-state index contributed by atoms with van der Waals surface area (Å²) in [5, 5.41) is 3.30. The monoisotopic (exact) mass is 254 g/mol. The van der Waals surface area contributed by atoms with Crippen molar-refractivity contribution < 1.29 is 9.59 Å². The lowest BCUT2D eigenvalue weighted by molar-refractivity contribution is -0.133. The van der Waals surface area contributed by atoms with Gasteiger partial charge in [-0.2, -0.15) is 0 Å². The molecule has 18 heavy (non-hydrogen) atoms. The first-order chi connectivity index (χ1) is 8.59. The highest BCUT2D eigenvalue weighted by Gasteiger charge is 2.38. The maximum atomic E-state index is 12.1. The van der Waals surface area contributed by atoms with Crippen molar-refractivity contribution in [1.82, 2.24) is 15.1 Å². The van der Waals surface area contributed by atoms with Crippen molar-refractivity contribution in [3.8, 4) is 0 Å². The zero-order valence-electron chi connectivity index (χ0n) is 10.9. The fourth-order valence-electron chi connectivity index (χ4n) is 2.92. The Kier molecular flexibility index (Phi) is 4.19. The molecule has 1 unspecified atom stereocenters. The van der Waals surface area contributed by atoms with Crippen LogP contribution in [0.15, 0.2) is 0 Å². The van der Waals surface area contributed by atoms with Crippen LogP contribution in [0.1, 0.15) is 19.3 Å². The molecule has 0 saturated carbocycles. The molecule has 0 aromatic heterocycles. The van der Waals surface area contributed by atoms with E-state index in [1.807, 2.05) is 11.9 Å². The van der Waals surface area contributed by atoms with Gasteiger partial charge in [-0.3, -0.25) is 14.5 Å². The molecule has 6 heteroatoms. The van der Waals surface area contributed by atoms with Gasteiger partial charge >= 0.3 is 0 Å². The number of rotatable bonds is 4. The quantitative estimate of drug-likeness (QED) is 0.657. The van der Waals surface area contributed by atoms with Crippen molar-refractivity contribution in [3.63, 3.8) is 0 Å². The molecule has 2 rings (SSSR count). The van der Waals surface area contributed by atoms with E-state index in [9.17, 15) is 9.59 Å². The van der Waals surface area contributed by atoms with Gasteiger partial charge in [-0.05, 0) is 32.4 Å². The smallest absolute Gasteiger partial charge is 0.239 e. The molecule has 0 radical (unpaired) electrons. The lowest BCUT2D eigenvalue weighted by Crippen LogP contribution is -2.53. The van der Waals surface area contributed by atoms with Gasteiger partial charge in [-0.15, -0.1) is 0 Å². The van der Waals surface area contributed by atoms with E-state index in [2.05, 4.69) is 5.32 Å². The Morgan fingerprint density at radius 2 is 2.11 bits per heavy atom. The highest BCUT2D eigenvalue weighted by atomic mass is 16.2. The number of carbonyl (C=O) groups is 2. The van der Waals surface area contributed by atoms with E-state index in [4.69, 9.17) is 5.73 Å². The minimum absolute atomic E-state index is 0.120. The molecule has 2 aliphatic rings. The Labute approximate surface area is 107 Å². The molecule has 0 bridgehead atoms. The number of carbonyl (C=O) groups excluding carboxylic acids is 2. The molecule has 2 aliphatic heterocycles. The SMILES string of the molecule is CN1CCC(N(CC(N)=O)C2CCNCC2)C1=O. The van der Waals surface area contributed by atoms with E-state index in [1.165, 1.54) is 0 Å². The summed E-state index contributed by atoms with van der Waals surface area (Å²) in [5.74, 6) is -0.231. The highest BCUT2D eigenvalue weighted by Crippen LogP contribution is 2.22. The molecule has 2 fully saturated rings. The standard InChI is InChI=1S/C12H22N4O2/c1-15-7-4-10(12(15)18)16(8-11(13)17)9-2-5-14-6-3-9/h9-10,14H,2-8H2,1H3,(H2,13,17). The van der Waals surface area contributed by atoms with Crippen LogP contribution < -0.4 is 11.1 Å². The Balaban J connectivity index is 2.08. The molecule has 2 heterocycles. The average Bonchev–Trinajstić information content (AvgIpc) is 2.68. The van der Waals surface area contributed by atoms with Crippen LogP contribution in [0, 0.1) is 0 Å². The van der Waals surface area contributed by atoms with Gasteiger partial charge in [0.15, 0.2) is 0 Å². The number of likely N-dealkylation sites (tertiary alicyclic amines) is 1. The predicted molar refractivity (Wildman–Crippen MR) is 67.8 cm³/mol. The van der Waals surface area contributed by atoms with E-state index in [0.717, 1.165) is 38.9 Å². The van der Waals surface area contributed by atoms with Gasteiger partial charge in [0.05, 0.1) is 12.6 Å². The molecule has 3 N–H and O–H groups in total. The van der Waals surface area contributed by atoms with E-state index in [-0.39, 0.29) is 24.4 Å². The molecule has 2 saturated heterocycles. The van der Waals surface area contributed by atoms with Crippen molar-refractivity contribution in [2.24, 2.45) is 5.73 Å². The summed E-state index contributed by atoms with van der Waals surface area (Å²) in [6.07, 6.45) is 2.74. The van der Waals surface area contributed by atoms with Crippen molar-refractivity contribution in [2.45, 2.75) is 31.3 Å². The summed E-state index contributed by atoms with van der Waals surface area (Å²) in [6, 6.07) is 0.129. The highest BCUT2D eigenvalue weighted by molar-refractivity contribution is 5.85. The summed E-state index contributed by atoms with van der Waals surface area (Å²) in [7, 11) is 1.81. The van der Waals surface area contributed by atoms with E-state index in [1.54, 1.807) is 4.90 Å². The van der Waals surface area contributed by atoms with Crippen LogP contribution in [0.2, 0.25) is 0 Å². The first-order valence-electron chi connectivity index (χ1n) is 6.59. The van der Waals surface area contributed by atoms with Gasteiger partial charge in [-0.1, -0.05) is 0 Å². The largest absolute Gasteiger partial charge is 0.369 e. The number of amides is 2. The van der Waals surface area contributed by atoms with Crippen molar-refractivity contribution in [1.29, 1.82) is 0 Å². The van der Waals surface area contributed by atoms with E-state index < -0.39 is 0 Å². The van der Waals surface area contributed by atoms with Gasteiger partial charge in [0.1, 0.15) is 0 Å². The molecule has 1 atom stereocenters. The number of hydrogen-bond donors (Lipinski definition) is 2. The van der Waals surface area contributed by atoms with E-state index in [0.29, 0.717) is 6.04 Å². The Morgan fingerprint density at radius 1 is 1.44 bits per heavy atom. The molecule has 0 aromatic rings. The van der Waals surface area contributed by atoms with Crippen LogP contribution >= 0.6 is 0 Å². The van der Waals surface area contributed by atoms with E-state index >= 15 is 0 Å². The average molecular weight is 254 g/mol. The second-order valence-electron chi connectivity index (χ2n) is 5.18. The molecule has 6 nitrogen and oxygen atoms in total. The van der Waals surface area contributed by atoms with Crippen LogP contribution in [0.4, 0.5) is 0 Å². The van der Waals surface area contributed by atoms with Crippen LogP contribution in [0.3, 0.4) is 0 Å². The minimum atomic E-state index is -0.351. The summed E-state index contributed by atoms with van der Waals surface area (Å²) in [5.41, 5.74) is 5.33. The Morgan fingerprint density at radius 3 is 2.61 bits per heavy atom. The normalized spacial score (nSPS) is 26.0. The number of nitrogens with one attached hydrogen (secondary N) is 1. The third-order valence-corrected chi connectivity index (χ3v) is 3.92. The van der Waals surface area contributed by atoms with Crippen LogP contribution in [-0.2, 0) is 9.59 Å². The van der Waals surface area contributed by atoms with Crippen LogP contribution in [0.25, 0.3) is 0 Å². The zero-order valence-corrected chi connectivity index (χ0v) is 10.9. The zero-order chi connectivity index (χ0) is 13.1. The maximum Gasteiger partial charge on any atom is 0.239 e. The van der Waals surface area contributed by atoms with Crippen molar-refractivity contribution in [2.75, 3.05) is 33.2 Å². The molecule has 102 valence electrons. The number of hydrogen-bond acceptors (Lipinski definition) is 4. The summed E-state index contributed by atoms with van der Waals surface area (Å²) >= 11 is 0. The number of primary amides is 1. The topological polar surface area (TPSA) is 78.7 Å². The first kappa shape index (κ1) is 13.3. The molecule has 0 spiro atoms. The molecule has 0 aromatic carbocycles. The fourth-order valence-corrected chi connectivity index (χ4v) is 2.92. The second kappa shape index (κ2) is 5.67. The Bertz CT molecular complexity index is 328. The number of likely N-dealkylation sites (N-methyl/N-ethyl adjacent to an activating group) is 1. The maximum absolute atomic E-state index is 12.1. The van der Waals surface area contributed by atoms with Gasteiger partial charge in [0.25, 0.3) is 0 Å². The van der Waals surface area contributed by atoms with Crippen LogP contribution in [-0.4, -0.2) is 66.9 Å². The predicted octanol–water partition coefficient (Wildman–Crippen LogP) is -1.24.